The first-order chi connectivity index (χ1) is 13.3. The Kier molecular flexibility index (Phi) is 7.97. The SMILES string of the molecule is C[C@H](NC(=O)[C@H]1CCCN1Cc1ccc(F)c(F)c1)c1ccc(C(=O)[O-])cc1.[Li+]. The topological polar surface area (TPSA) is 72.5 Å². The van der Waals surface area contributed by atoms with Crippen LogP contribution in [0.2, 0.25) is 0 Å². The summed E-state index contributed by atoms with van der Waals surface area (Å²) in [5.41, 5.74) is 1.48. The normalized spacial score (nSPS) is 17.4. The number of carboxylic acid groups (broad SMARTS) is 1. The maximum absolute atomic E-state index is 13.4. The molecule has 1 aliphatic heterocycles. The standard InChI is InChI=1S/C21H22F2N2O3.Li/c1-13(15-5-7-16(8-6-15)21(27)28)24-20(26)19-3-2-10-25(19)12-14-4-9-17(22)18(23)11-14;/h4-9,11,13,19H,2-3,10,12H2,1H3,(H,24,26)(H,27,28);/q;+1/p-1/t13-,19+;/m0./s1. The first-order valence-corrected chi connectivity index (χ1v) is 9.15. The molecule has 8 heteroatoms. The van der Waals surface area contributed by atoms with E-state index >= 15 is 0 Å². The fourth-order valence-electron chi connectivity index (χ4n) is 3.49. The van der Waals surface area contributed by atoms with Crippen LogP contribution in [0.1, 0.15) is 47.3 Å². The summed E-state index contributed by atoms with van der Waals surface area (Å²) in [6, 6.07) is 9.29. The predicted octanol–water partition coefficient (Wildman–Crippen LogP) is -0.826. The van der Waals surface area contributed by atoms with E-state index in [0.717, 1.165) is 24.1 Å². The van der Waals surface area contributed by atoms with Gasteiger partial charge in [-0.25, -0.2) is 8.78 Å². The van der Waals surface area contributed by atoms with Crippen molar-refractivity contribution in [1.82, 2.24) is 10.2 Å². The minimum Gasteiger partial charge on any atom is -0.545 e. The third-order valence-corrected chi connectivity index (χ3v) is 5.04. The van der Waals surface area contributed by atoms with Gasteiger partial charge in [0.2, 0.25) is 5.91 Å². The van der Waals surface area contributed by atoms with E-state index in [-0.39, 0.29) is 42.4 Å². The molecule has 148 valence electrons. The largest absolute Gasteiger partial charge is 1.00 e. The summed E-state index contributed by atoms with van der Waals surface area (Å²) < 4.78 is 26.5. The summed E-state index contributed by atoms with van der Waals surface area (Å²) in [5, 5.41) is 13.8. The Morgan fingerprint density at radius 3 is 2.48 bits per heavy atom. The van der Waals surface area contributed by atoms with Crippen LogP contribution in [0.15, 0.2) is 42.5 Å². The number of benzene rings is 2. The van der Waals surface area contributed by atoms with Crippen LogP contribution in [0.25, 0.3) is 0 Å². The van der Waals surface area contributed by atoms with Crippen molar-refractivity contribution >= 4 is 11.9 Å². The number of likely N-dealkylation sites (tertiary alicyclic amines) is 1. The molecule has 3 rings (SSSR count). The third-order valence-electron chi connectivity index (χ3n) is 5.04. The average molecular weight is 394 g/mol. The van der Waals surface area contributed by atoms with E-state index in [0.29, 0.717) is 25.1 Å². The number of carboxylic acids is 1. The van der Waals surface area contributed by atoms with Gasteiger partial charge in [-0.2, -0.15) is 0 Å². The number of carbonyl (C=O) groups excluding carboxylic acids is 2. The van der Waals surface area contributed by atoms with Gasteiger partial charge in [0.1, 0.15) is 0 Å². The van der Waals surface area contributed by atoms with Gasteiger partial charge in [-0.1, -0.05) is 30.3 Å². The van der Waals surface area contributed by atoms with E-state index in [9.17, 15) is 23.5 Å². The van der Waals surface area contributed by atoms with Crippen molar-refractivity contribution in [3.8, 4) is 0 Å². The number of halogens is 2. The molecule has 1 aliphatic rings. The quantitative estimate of drug-likeness (QED) is 0.650. The number of carbonyl (C=O) groups is 2. The fraction of sp³-hybridized carbons (Fsp3) is 0.333. The second-order valence-corrected chi connectivity index (χ2v) is 7.02. The van der Waals surface area contributed by atoms with Crippen LogP contribution in [-0.4, -0.2) is 29.4 Å². The predicted molar refractivity (Wildman–Crippen MR) is 97.1 cm³/mol. The molecule has 0 radical (unpaired) electrons. The van der Waals surface area contributed by atoms with Gasteiger partial charge in [0.15, 0.2) is 11.6 Å². The average Bonchev–Trinajstić information content (AvgIpc) is 3.13. The molecular formula is C21H21F2LiN2O3. The molecule has 1 fully saturated rings. The van der Waals surface area contributed by atoms with Crippen LogP contribution in [0.4, 0.5) is 8.78 Å². The Morgan fingerprint density at radius 1 is 1.17 bits per heavy atom. The van der Waals surface area contributed by atoms with Crippen LogP contribution in [0.5, 0.6) is 0 Å². The molecule has 29 heavy (non-hydrogen) atoms. The van der Waals surface area contributed by atoms with Crippen molar-refractivity contribution in [3.63, 3.8) is 0 Å². The minimum atomic E-state index is -1.25. The van der Waals surface area contributed by atoms with Gasteiger partial charge in [0.05, 0.1) is 18.1 Å². The molecule has 1 N–H and O–H groups in total. The van der Waals surface area contributed by atoms with Crippen molar-refractivity contribution in [2.24, 2.45) is 0 Å². The zero-order chi connectivity index (χ0) is 20.3. The molecule has 1 heterocycles. The molecule has 2 aromatic carbocycles. The molecule has 0 bridgehead atoms. The van der Waals surface area contributed by atoms with Crippen molar-refractivity contribution in [2.45, 2.75) is 38.4 Å². The first kappa shape index (κ1) is 23.1. The Bertz CT molecular complexity index is 877. The zero-order valence-electron chi connectivity index (χ0n) is 16.5. The fourth-order valence-corrected chi connectivity index (χ4v) is 3.49. The van der Waals surface area contributed by atoms with Crippen molar-refractivity contribution in [2.75, 3.05) is 6.54 Å². The number of amides is 1. The number of rotatable bonds is 6. The van der Waals surface area contributed by atoms with Crippen molar-refractivity contribution in [1.29, 1.82) is 0 Å². The molecule has 2 atom stereocenters. The Balaban J connectivity index is 0.00000300. The van der Waals surface area contributed by atoms with Gasteiger partial charge >= 0.3 is 18.9 Å². The van der Waals surface area contributed by atoms with E-state index in [1.54, 1.807) is 12.1 Å². The Labute approximate surface area is 180 Å². The number of hydrogen-bond acceptors (Lipinski definition) is 4. The number of aromatic carboxylic acids is 1. The van der Waals surface area contributed by atoms with E-state index in [1.165, 1.54) is 18.2 Å². The number of hydrogen-bond donors (Lipinski definition) is 1. The van der Waals surface area contributed by atoms with Crippen LogP contribution in [0, 0.1) is 11.6 Å². The molecule has 2 aromatic rings. The summed E-state index contributed by atoms with van der Waals surface area (Å²) in [6.07, 6.45) is 1.53. The maximum Gasteiger partial charge on any atom is 1.00 e. The van der Waals surface area contributed by atoms with Crippen molar-refractivity contribution in [3.05, 3.63) is 70.8 Å². The van der Waals surface area contributed by atoms with Crippen LogP contribution >= 0.6 is 0 Å². The molecule has 0 aliphatic carbocycles. The molecule has 1 amide bonds. The minimum absolute atomic E-state index is 0. The number of nitrogens with one attached hydrogen (secondary N) is 1. The Hall–Kier alpha value is -2.20. The second-order valence-electron chi connectivity index (χ2n) is 7.02. The Morgan fingerprint density at radius 2 is 1.86 bits per heavy atom. The summed E-state index contributed by atoms with van der Waals surface area (Å²) >= 11 is 0. The van der Waals surface area contributed by atoms with Gasteiger partial charge in [-0.3, -0.25) is 9.69 Å². The molecule has 0 spiro atoms. The summed E-state index contributed by atoms with van der Waals surface area (Å²) in [6.45, 7) is 2.89. The van der Waals surface area contributed by atoms with E-state index < -0.39 is 17.6 Å². The van der Waals surface area contributed by atoms with Crippen LogP contribution in [-0.2, 0) is 11.3 Å². The summed E-state index contributed by atoms with van der Waals surface area (Å²) in [4.78, 5) is 25.5. The molecule has 5 nitrogen and oxygen atoms in total. The number of nitrogens with zero attached hydrogens (tertiary/aromatic N) is 1. The van der Waals surface area contributed by atoms with Gasteiger partial charge in [-0.05, 0) is 55.1 Å². The van der Waals surface area contributed by atoms with Crippen molar-refractivity contribution < 1.29 is 42.3 Å². The van der Waals surface area contributed by atoms with Crippen LogP contribution < -0.4 is 29.3 Å². The van der Waals surface area contributed by atoms with E-state index in [1.807, 2.05) is 11.8 Å². The van der Waals surface area contributed by atoms with Gasteiger partial charge in [0.25, 0.3) is 0 Å². The van der Waals surface area contributed by atoms with E-state index in [2.05, 4.69) is 5.32 Å². The summed E-state index contributed by atoms with van der Waals surface area (Å²) in [5.74, 6) is -3.18. The summed E-state index contributed by atoms with van der Waals surface area (Å²) in [7, 11) is 0. The molecule has 1 saturated heterocycles. The molecular weight excluding hydrogens is 373 g/mol. The molecule has 0 aromatic heterocycles. The van der Waals surface area contributed by atoms with Gasteiger partial charge < -0.3 is 15.2 Å². The second kappa shape index (κ2) is 10.0. The molecule has 0 unspecified atom stereocenters. The smallest absolute Gasteiger partial charge is 0.545 e. The maximum atomic E-state index is 13.4. The van der Waals surface area contributed by atoms with Gasteiger partial charge in [-0.15, -0.1) is 0 Å². The first-order valence-electron chi connectivity index (χ1n) is 9.15. The van der Waals surface area contributed by atoms with Crippen LogP contribution in [0.3, 0.4) is 0 Å². The van der Waals surface area contributed by atoms with Gasteiger partial charge in [0, 0.05) is 6.54 Å². The monoisotopic (exact) mass is 394 g/mol. The third kappa shape index (κ3) is 5.66. The zero-order valence-corrected chi connectivity index (χ0v) is 16.5. The molecule has 0 saturated carbocycles. The van der Waals surface area contributed by atoms with E-state index in [4.69, 9.17) is 0 Å².